The highest BCUT2D eigenvalue weighted by Gasteiger charge is 2.19. The zero-order valence-electron chi connectivity index (χ0n) is 54.0. The Morgan fingerprint density at radius 1 is 0.256 bits per heavy atom. The molecule has 0 radical (unpaired) electrons. The molecule has 0 aliphatic heterocycles. The van der Waals surface area contributed by atoms with Gasteiger partial charge in [-0.25, -0.2) is 0 Å². The molecule has 0 aromatic rings. The monoisotopic (exact) mass is 1140 g/mol. The van der Waals surface area contributed by atoms with E-state index in [0.29, 0.717) is 19.3 Å². The van der Waals surface area contributed by atoms with Crippen LogP contribution in [0.4, 0.5) is 0 Å². The second-order valence-electron chi connectivity index (χ2n) is 23.1. The fraction of sp³-hybridized carbons (Fsp3) is 0.724. The molecule has 470 valence electrons. The summed E-state index contributed by atoms with van der Waals surface area (Å²) in [7, 11) is 0. The quantitative estimate of drug-likeness (QED) is 0.0261. The van der Waals surface area contributed by atoms with E-state index in [0.717, 1.165) is 109 Å². The van der Waals surface area contributed by atoms with Crippen LogP contribution in [0.25, 0.3) is 0 Å². The van der Waals surface area contributed by atoms with Gasteiger partial charge in [-0.15, -0.1) is 0 Å². The lowest BCUT2D eigenvalue weighted by atomic mass is 10.0. The average Bonchev–Trinajstić information content (AvgIpc) is 3.47. The summed E-state index contributed by atoms with van der Waals surface area (Å²) in [5.74, 6) is -0.881. The molecule has 0 rings (SSSR count). The van der Waals surface area contributed by atoms with Crippen molar-refractivity contribution < 1.29 is 28.6 Å². The molecule has 1 unspecified atom stereocenters. The van der Waals surface area contributed by atoms with Gasteiger partial charge < -0.3 is 14.2 Å². The van der Waals surface area contributed by atoms with E-state index in [-0.39, 0.29) is 31.1 Å². The summed E-state index contributed by atoms with van der Waals surface area (Å²) >= 11 is 0. The van der Waals surface area contributed by atoms with E-state index in [1.807, 2.05) is 0 Å². The topological polar surface area (TPSA) is 78.9 Å². The van der Waals surface area contributed by atoms with Gasteiger partial charge in [0.15, 0.2) is 6.10 Å². The smallest absolute Gasteiger partial charge is 0.306 e. The largest absolute Gasteiger partial charge is 0.462 e. The van der Waals surface area contributed by atoms with Gasteiger partial charge in [0.2, 0.25) is 0 Å². The molecule has 0 amide bonds. The lowest BCUT2D eigenvalue weighted by Crippen LogP contribution is -2.30. The zero-order chi connectivity index (χ0) is 59.2. The number of ether oxygens (including phenoxy) is 3. The number of esters is 3. The minimum Gasteiger partial charge on any atom is -0.462 e. The maximum absolute atomic E-state index is 12.9. The van der Waals surface area contributed by atoms with Gasteiger partial charge in [-0.05, 0) is 109 Å². The molecule has 0 aromatic carbocycles. The highest BCUT2D eigenvalue weighted by Crippen LogP contribution is 2.17. The standard InChI is InChI=1S/C76H130O6/c1-4-7-10-13-16-18-20-22-24-26-28-30-32-34-35-36-37-38-39-40-41-43-44-46-48-50-52-54-56-58-60-63-66-69-75(78)81-72-73(71-80-74(77)68-65-62-15-12-9-6-3)82-76(79)70-67-64-61-59-57-55-53-51-49-47-45-42-33-31-29-27-25-23-21-19-17-14-11-8-5-2/h7,10,16,18,21-24,27-30,33-35,37-38,42,73H,4-6,8-9,11-15,17,19-20,25-26,31-32,36,39-41,43-72H2,1-3H3/b10-7-,18-16-,23-21-,24-22-,29-27-,30-28-,35-34-,38-37-,42-33-. The van der Waals surface area contributed by atoms with Crippen LogP contribution in [0, 0.1) is 0 Å². The first-order valence-corrected chi connectivity index (χ1v) is 34.9. The number of hydrogen-bond donors (Lipinski definition) is 0. The molecule has 0 N–H and O–H groups in total. The van der Waals surface area contributed by atoms with Gasteiger partial charge in [0.1, 0.15) is 13.2 Å². The van der Waals surface area contributed by atoms with Gasteiger partial charge in [0.25, 0.3) is 0 Å². The molecule has 0 saturated carbocycles. The SMILES string of the molecule is CC/C=C\C/C=C\C/C=C\C/C=C\C/C=C\C/C=C\CCCCCCCCCCCCCCCCC(=O)OCC(COC(=O)CCCCCCCC)OC(=O)CCCCCCCCCCCC/C=C\C/C=C\C/C=C\CCCCCCC. The second-order valence-corrected chi connectivity index (χ2v) is 23.1. The first-order chi connectivity index (χ1) is 40.5. The predicted octanol–water partition coefficient (Wildman–Crippen LogP) is 24.2. The molecule has 0 spiro atoms. The number of rotatable bonds is 63. The summed E-state index contributed by atoms with van der Waals surface area (Å²) in [5, 5.41) is 0. The molecule has 0 aliphatic rings. The Kier molecular flexibility index (Phi) is 66.2. The van der Waals surface area contributed by atoms with Crippen LogP contribution in [-0.2, 0) is 28.6 Å². The van der Waals surface area contributed by atoms with E-state index in [4.69, 9.17) is 14.2 Å². The molecule has 0 saturated heterocycles. The van der Waals surface area contributed by atoms with Crippen molar-refractivity contribution in [2.75, 3.05) is 13.2 Å². The van der Waals surface area contributed by atoms with E-state index in [9.17, 15) is 14.4 Å². The molecular formula is C76H130O6. The van der Waals surface area contributed by atoms with Crippen molar-refractivity contribution in [3.05, 3.63) is 109 Å². The predicted molar refractivity (Wildman–Crippen MR) is 357 cm³/mol. The lowest BCUT2D eigenvalue weighted by molar-refractivity contribution is -0.167. The van der Waals surface area contributed by atoms with Crippen LogP contribution in [0.5, 0.6) is 0 Å². The summed E-state index contributed by atoms with van der Waals surface area (Å²) in [6, 6.07) is 0. The number of unbranched alkanes of at least 4 members (excludes halogenated alkanes) is 34. The first-order valence-electron chi connectivity index (χ1n) is 34.9. The maximum Gasteiger partial charge on any atom is 0.306 e. The van der Waals surface area contributed by atoms with Crippen LogP contribution in [0.3, 0.4) is 0 Å². The zero-order valence-corrected chi connectivity index (χ0v) is 54.0. The van der Waals surface area contributed by atoms with Gasteiger partial charge in [-0.2, -0.15) is 0 Å². The molecule has 0 aromatic heterocycles. The third-order valence-electron chi connectivity index (χ3n) is 15.0. The van der Waals surface area contributed by atoms with Crippen molar-refractivity contribution in [3.63, 3.8) is 0 Å². The minimum atomic E-state index is -0.778. The highest BCUT2D eigenvalue weighted by molar-refractivity contribution is 5.71. The number of carbonyl (C=O) groups is 3. The summed E-state index contributed by atoms with van der Waals surface area (Å²) in [6.45, 7) is 6.48. The Morgan fingerprint density at radius 3 is 0.744 bits per heavy atom. The maximum atomic E-state index is 12.9. The van der Waals surface area contributed by atoms with Crippen molar-refractivity contribution in [2.45, 2.75) is 341 Å². The number of allylic oxidation sites excluding steroid dienone is 18. The Hall–Kier alpha value is -3.93. The van der Waals surface area contributed by atoms with E-state index in [1.54, 1.807) is 0 Å². The molecule has 6 nitrogen and oxygen atoms in total. The molecule has 0 fully saturated rings. The van der Waals surface area contributed by atoms with Gasteiger partial charge in [-0.1, -0.05) is 316 Å². The molecular weight excluding hydrogens is 1010 g/mol. The highest BCUT2D eigenvalue weighted by atomic mass is 16.6. The average molecular weight is 1140 g/mol. The fourth-order valence-corrected chi connectivity index (χ4v) is 9.81. The molecule has 0 aliphatic carbocycles. The summed E-state index contributed by atoms with van der Waals surface area (Å²) in [4.78, 5) is 38.1. The van der Waals surface area contributed by atoms with Gasteiger partial charge >= 0.3 is 17.9 Å². The van der Waals surface area contributed by atoms with Gasteiger partial charge in [0.05, 0.1) is 0 Å². The van der Waals surface area contributed by atoms with Crippen LogP contribution in [-0.4, -0.2) is 37.2 Å². The van der Waals surface area contributed by atoms with Crippen LogP contribution in [0.15, 0.2) is 109 Å². The second kappa shape index (κ2) is 69.6. The van der Waals surface area contributed by atoms with E-state index in [2.05, 4.69) is 130 Å². The summed E-state index contributed by atoms with van der Waals surface area (Å²) in [6.07, 6.45) is 95.8. The molecule has 82 heavy (non-hydrogen) atoms. The molecule has 0 bridgehead atoms. The van der Waals surface area contributed by atoms with Crippen molar-refractivity contribution in [1.82, 2.24) is 0 Å². The molecule has 6 heteroatoms. The molecule has 0 heterocycles. The van der Waals surface area contributed by atoms with Crippen molar-refractivity contribution >= 4 is 17.9 Å². The third kappa shape index (κ3) is 66.9. The lowest BCUT2D eigenvalue weighted by Gasteiger charge is -2.18. The third-order valence-corrected chi connectivity index (χ3v) is 15.0. The van der Waals surface area contributed by atoms with E-state index in [1.165, 1.54) is 186 Å². The fourth-order valence-electron chi connectivity index (χ4n) is 9.81. The Bertz CT molecular complexity index is 1640. The molecule has 1 atom stereocenters. The van der Waals surface area contributed by atoms with Gasteiger partial charge in [-0.3, -0.25) is 14.4 Å². The van der Waals surface area contributed by atoms with Crippen LogP contribution in [0.2, 0.25) is 0 Å². The van der Waals surface area contributed by atoms with Crippen molar-refractivity contribution in [2.24, 2.45) is 0 Å². The van der Waals surface area contributed by atoms with Crippen molar-refractivity contribution in [1.29, 1.82) is 0 Å². The summed E-state index contributed by atoms with van der Waals surface area (Å²) in [5.41, 5.74) is 0. The van der Waals surface area contributed by atoms with Crippen LogP contribution < -0.4 is 0 Å². The van der Waals surface area contributed by atoms with Crippen LogP contribution in [0.1, 0.15) is 335 Å². The van der Waals surface area contributed by atoms with E-state index >= 15 is 0 Å². The van der Waals surface area contributed by atoms with Gasteiger partial charge in [0, 0.05) is 19.3 Å². The first kappa shape index (κ1) is 78.1. The Morgan fingerprint density at radius 2 is 0.476 bits per heavy atom. The van der Waals surface area contributed by atoms with E-state index < -0.39 is 6.10 Å². The number of hydrogen-bond acceptors (Lipinski definition) is 6. The normalized spacial score (nSPS) is 12.8. The Balaban J connectivity index is 4.04. The van der Waals surface area contributed by atoms with Crippen LogP contribution >= 0.6 is 0 Å². The Labute approximate surface area is 508 Å². The van der Waals surface area contributed by atoms with Crippen molar-refractivity contribution in [3.8, 4) is 0 Å². The number of carbonyl (C=O) groups excluding carboxylic acids is 3. The summed E-state index contributed by atoms with van der Waals surface area (Å²) < 4.78 is 16.8. The minimum absolute atomic E-state index is 0.0774.